The fraction of sp³-hybridized carbons (Fsp3) is 0.467. The molecule has 276 valence electrons. The summed E-state index contributed by atoms with van der Waals surface area (Å²) in [5.74, 6) is 2.30. The Balaban J connectivity index is 0.990. The lowest BCUT2D eigenvalue weighted by atomic mass is 9.77. The number of likely N-dealkylation sites (tertiary alicyclic amines) is 2. The molecular formula is C45H54N6O2. The van der Waals surface area contributed by atoms with Crippen LogP contribution in [0.3, 0.4) is 0 Å². The number of hydrogen-bond donors (Lipinski definition) is 2. The van der Waals surface area contributed by atoms with E-state index in [0.717, 1.165) is 79.1 Å². The van der Waals surface area contributed by atoms with Crippen LogP contribution in [0.4, 0.5) is 11.4 Å². The molecule has 2 aliphatic heterocycles. The second-order valence-corrected chi connectivity index (χ2v) is 16.2. The molecule has 2 unspecified atom stereocenters. The maximum Gasteiger partial charge on any atom is 0.241 e. The molecule has 4 atom stereocenters. The van der Waals surface area contributed by atoms with E-state index in [9.17, 15) is 9.59 Å². The van der Waals surface area contributed by atoms with Crippen molar-refractivity contribution in [2.45, 2.75) is 109 Å². The highest BCUT2D eigenvalue weighted by molar-refractivity contribution is 5.95. The van der Waals surface area contributed by atoms with E-state index in [1.165, 1.54) is 36.8 Å². The van der Waals surface area contributed by atoms with Crippen molar-refractivity contribution >= 4 is 23.2 Å². The molecule has 0 bridgehead atoms. The fourth-order valence-electron chi connectivity index (χ4n) is 8.79. The molecule has 4 aromatic rings. The van der Waals surface area contributed by atoms with Crippen LogP contribution in [0.25, 0.3) is 0 Å². The number of nitrogens with one attached hydrogen (secondary N) is 2. The van der Waals surface area contributed by atoms with E-state index in [1.54, 1.807) is 0 Å². The molecule has 4 aliphatic rings. The van der Waals surface area contributed by atoms with Gasteiger partial charge in [-0.2, -0.15) is 0 Å². The Morgan fingerprint density at radius 3 is 1.55 bits per heavy atom. The van der Waals surface area contributed by atoms with E-state index in [0.29, 0.717) is 36.8 Å². The average Bonchev–Trinajstić information content (AvgIpc) is 4.08. The summed E-state index contributed by atoms with van der Waals surface area (Å²) in [5.41, 5.74) is 8.82. The highest BCUT2D eigenvalue weighted by Crippen LogP contribution is 2.42. The highest BCUT2D eigenvalue weighted by atomic mass is 16.2. The van der Waals surface area contributed by atoms with Gasteiger partial charge in [0, 0.05) is 36.9 Å². The number of hydrogen-bond acceptors (Lipinski definition) is 6. The topological polar surface area (TPSA) is 90.5 Å². The van der Waals surface area contributed by atoms with E-state index in [2.05, 4.69) is 94.9 Å². The standard InChI is InChI=1S/C45H54N6O2/c1-30-5-3-23-46-40(30)28-50-25-21-36(15-20-42(50)44(52)48-38-16-11-34(12-17-38)32-7-8-32)37-22-26-51(29-41-31(2)6-4-24-47-41)43(27-37)45(53)49-39-18-13-35(14-19-39)33-9-10-33/h3-6,11-14,16-19,23-24,32-33,36-37,42-43H,7-10,15,20-22,25-29H2,1-2H3,(H,48,52)(H,49,53)/t36?,37?,42-,43-/m1/s1. The first-order valence-corrected chi connectivity index (χ1v) is 20.0. The Morgan fingerprint density at radius 1 is 0.585 bits per heavy atom. The highest BCUT2D eigenvalue weighted by Gasteiger charge is 2.40. The number of nitrogens with zero attached hydrogens (tertiary/aromatic N) is 4. The van der Waals surface area contributed by atoms with Crippen molar-refractivity contribution in [3.05, 3.63) is 119 Å². The third-order valence-electron chi connectivity index (χ3n) is 12.5. The molecule has 4 fully saturated rings. The summed E-state index contributed by atoms with van der Waals surface area (Å²) in [5, 5.41) is 6.57. The number of benzene rings is 2. The molecular weight excluding hydrogens is 657 g/mol. The zero-order valence-corrected chi connectivity index (χ0v) is 31.3. The second-order valence-electron chi connectivity index (χ2n) is 16.2. The van der Waals surface area contributed by atoms with Crippen LogP contribution in [-0.4, -0.2) is 56.8 Å². The third-order valence-corrected chi connectivity index (χ3v) is 12.5. The summed E-state index contributed by atoms with van der Waals surface area (Å²) >= 11 is 0. The molecule has 2 aliphatic carbocycles. The van der Waals surface area contributed by atoms with E-state index in [1.807, 2.05) is 24.5 Å². The van der Waals surface area contributed by atoms with Crippen molar-refractivity contribution in [3.8, 4) is 0 Å². The molecule has 2 N–H and O–H groups in total. The lowest BCUT2D eigenvalue weighted by Crippen LogP contribution is -2.50. The number of aryl methyl sites for hydroxylation is 2. The Labute approximate surface area is 314 Å². The number of amides is 2. The number of carbonyl (C=O) groups excluding carboxylic acids is 2. The molecule has 53 heavy (non-hydrogen) atoms. The van der Waals surface area contributed by atoms with Crippen molar-refractivity contribution < 1.29 is 9.59 Å². The number of anilines is 2. The predicted molar refractivity (Wildman–Crippen MR) is 211 cm³/mol. The molecule has 0 radical (unpaired) electrons. The van der Waals surface area contributed by atoms with Gasteiger partial charge in [-0.05, 0) is 167 Å². The van der Waals surface area contributed by atoms with Gasteiger partial charge in [0.2, 0.25) is 11.8 Å². The first kappa shape index (κ1) is 35.6. The summed E-state index contributed by atoms with van der Waals surface area (Å²) in [7, 11) is 0. The van der Waals surface area contributed by atoms with Crippen LogP contribution in [0.2, 0.25) is 0 Å². The number of carbonyl (C=O) groups is 2. The van der Waals surface area contributed by atoms with Crippen molar-refractivity contribution in [1.82, 2.24) is 19.8 Å². The molecule has 8 nitrogen and oxygen atoms in total. The molecule has 2 aromatic heterocycles. The molecule has 2 saturated carbocycles. The second kappa shape index (κ2) is 15.9. The molecule has 4 heterocycles. The van der Waals surface area contributed by atoms with Crippen LogP contribution in [0.5, 0.6) is 0 Å². The zero-order valence-electron chi connectivity index (χ0n) is 31.3. The molecule has 2 saturated heterocycles. The van der Waals surface area contributed by atoms with E-state index in [4.69, 9.17) is 9.97 Å². The zero-order chi connectivity index (χ0) is 36.3. The molecule has 2 aromatic carbocycles. The molecule has 8 rings (SSSR count). The van der Waals surface area contributed by atoms with E-state index >= 15 is 0 Å². The monoisotopic (exact) mass is 710 g/mol. The van der Waals surface area contributed by atoms with Gasteiger partial charge < -0.3 is 10.6 Å². The van der Waals surface area contributed by atoms with Gasteiger partial charge in [-0.25, -0.2) is 0 Å². The Kier molecular flexibility index (Phi) is 10.7. The maximum atomic E-state index is 14.2. The van der Waals surface area contributed by atoms with Gasteiger partial charge in [0.05, 0.1) is 23.5 Å². The number of piperidine rings is 1. The minimum absolute atomic E-state index is 0.0592. The summed E-state index contributed by atoms with van der Waals surface area (Å²) in [6.07, 6.45) is 13.3. The minimum atomic E-state index is -0.258. The molecule has 2 amide bonds. The van der Waals surface area contributed by atoms with E-state index in [-0.39, 0.29) is 23.9 Å². The average molecular weight is 711 g/mol. The third kappa shape index (κ3) is 8.71. The van der Waals surface area contributed by atoms with Gasteiger partial charge in [0.1, 0.15) is 0 Å². The quantitative estimate of drug-likeness (QED) is 0.163. The maximum absolute atomic E-state index is 14.2. The SMILES string of the molecule is Cc1cccnc1CN1CCC(C2CCN(Cc3ncccc3C)[C@@H](C(=O)Nc3ccc(C4CC4)cc3)C2)CC[C@@H]1C(=O)Nc1ccc(C2CC2)cc1. The van der Waals surface area contributed by atoms with Crippen LogP contribution >= 0.6 is 0 Å². The molecule has 8 heteroatoms. The lowest BCUT2D eigenvalue weighted by molar-refractivity contribution is -0.124. The normalized spacial score (nSPS) is 24.0. The van der Waals surface area contributed by atoms with Crippen molar-refractivity contribution in [2.75, 3.05) is 23.7 Å². The summed E-state index contributed by atoms with van der Waals surface area (Å²) in [6.45, 7) is 7.16. The van der Waals surface area contributed by atoms with E-state index < -0.39 is 0 Å². The van der Waals surface area contributed by atoms with Crippen molar-refractivity contribution in [3.63, 3.8) is 0 Å². The van der Waals surface area contributed by atoms with Gasteiger partial charge in [-0.1, -0.05) is 36.4 Å². The predicted octanol–water partition coefficient (Wildman–Crippen LogP) is 8.38. The summed E-state index contributed by atoms with van der Waals surface area (Å²) in [6, 6.07) is 24.6. The van der Waals surface area contributed by atoms with Crippen LogP contribution in [-0.2, 0) is 22.7 Å². The number of pyridine rings is 2. The van der Waals surface area contributed by atoms with Gasteiger partial charge >= 0.3 is 0 Å². The van der Waals surface area contributed by atoms with Gasteiger partial charge in [-0.3, -0.25) is 29.4 Å². The largest absolute Gasteiger partial charge is 0.325 e. The Morgan fingerprint density at radius 2 is 1.06 bits per heavy atom. The summed E-state index contributed by atoms with van der Waals surface area (Å²) in [4.78, 5) is 42.4. The number of rotatable bonds is 11. The van der Waals surface area contributed by atoms with Gasteiger partial charge in [0.15, 0.2) is 0 Å². The van der Waals surface area contributed by atoms with Gasteiger partial charge in [-0.15, -0.1) is 0 Å². The van der Waals surface area contributed by atoms with Crippen molar-refractivity contribution in [1.29, 1.82) is 0 Å². The first-order chi connectivity index (χ1) is 25.9. The van der Waals surface area contributed by atoms with Crippen LogP contribution in [0, 0.1) is 25.7 Å². The Hall–Kier alpha value is -4.40. The van der Waals surface area contributed by atoms with Gasteiger partial charge in [0.25, 0.3) is 0 Å². The first-order valence-electron chi connectivity index (χ1n) is 20.0. The van der Waals surface area contributed by atoms with Crippen molar-refractivity contribution in [2.24, 2.45) is 11.8 Å². The van der Waals surface area contributed by atoms with Crippen LogP contribution in [0.1, 0.15) is 103 Å². The lowest BCUT2D eigenvalue weighted by Gasteiger charge is -2.41. The smallest absolute Gasteiger partial charge is 0.241 e. The van der Waals surface area contributed by atoms with Crippen LogP contribution < -0.4 is 10.6 Å². The fourth-order valence-corrected chi connectivity index (χ4v) is 8.79. The van der Waals surface area contributed by atoms with Crippen LogP contribution in [0.15, 0.2) is 85.2 Å². The molecule has 0 spiro atoms. The number of aromatic nitrogens is 2. The minimum Gasteiger partial charge on any atom is -0.325 e. The summed E-state index contributed by atoms with van der Waals surface area (Å²) < 4.78 is 0. The Bertz CT molecular complexity index is 1890.